The van der Waals surface area contributed by atoms with E-state index in [9.17, 15) is 9.59 Å². The lowest BCUT2D eigenvalue weighted by Gasteiger charge is -2.30. The molecule has 0 spiro atoms. The van der Waals surface area contributed by atoms with E-state index in [1.807, 2.05) is 30.3 Å². The Balaban J connectivity index is 1.67. The van der Waals surface area contributed by atoms with Gasteiger partial charge >= 0.3 is 5.97 Å². The van der Waals surface area contributed by atoms with Crippen LogP contribution in [0.4, 0.5) is 0 Å². The van der Waals surface area contributed by atoms with Crippen LogP contribution >= 0.6 is 15.9 Å². The van der Waals surface area contributed by atoms with Gasteiger partial charge in [-0.2, -0.15) is 0 Å². The van der Waals surface area contributed by atoms with Gasteiger partial charge in [-0.3, -0.25) is 4.79 Å². The SMILES string of the molecule is O=C(COc1cccc(Br)c1)O[C@H](C(=O)N1CCCCC1)c1ccccc1. The summed E-state index contributed by atoms with van der Waals surface area (Å²) in [5, 5.41) is 0. The summed E-state index contributed by atoms with van der Waals surface area (Å²) >= 11 is 3.36. The van der Waals surface area contributed by atoms with Crippen LogP contribution in [0.15, 0.2) is 59.1 Å². The Morgan fingerprint density at radius 2 is 1.74 bits per heavy atom. The van der Waals surface area contributed by atoms with E-state index < -0.39 is 12.1 Å². The summed E-state index contributed by atoms with van der Waals surface area (Å²) in [6, 6.07) is 16.3. The standard InChI is InChI=1S/C21H22BrNO4/c22-17-10-7-11-18(14-17)26-15-19(24)27-20(16-8-3-1-4-9-16)21(25)23-12-5-2-6-13-23/h1,3-4,7-11,14,20H,2,5-6,12-13,15H2/t20-/m0/s1. The number of carbonyl (C=O) groups excluding carboxylic acids is 2. The van der Waals surface area contributed by atoms with Crippen LogP contribution < -0.4 is 4.74 Å². The Labute approximate surface area is 167 Å². The number of piperidine rings is 1. The number of nitrogens with zero attached hydrogens (tertiary/aromatic N) is 1. The largest absolute Gasteiger partial charge is 0.482 e. The van der Waals surface area contributed by atoms with Crippen molar-refractivity contribution >= 4 is 27.8 Å². The fraction of sp³-hybridized carbons (Fsp3) is 0.333. The molecule has 1 fully saturated rings. The molecule has 0 saturated carbocycles. The van der Waals surface area contributed by atoms with Crippen LogP contribution in [-0.2, 0) is 14.3 Å². The molecule has 142 valence electrons. The van der Waals surface area contributed by atoms with Gasteiger partial charge in [-0.1, -0.05) is 52.3 Å². The molecule has 5 nitrogen and oxygen atoms in total. The monoisotopic (exact) mass is 431 g/mol. The molecule has 1 amide bonds. The molecule has 2 aromatic rings. The van der Waals surface area contributed by atoms with Gasteiger partial charge in [0.2, 0.25) is 6.10 Å². The van der Waals surface area contributed by atoms with Crippen molar-refractivity contribution in [2.24, 2.45) is 0 Å². The average molecular weight is 432 g/mol. The van der Waals surface area contributed by atoms with E-state index in [0.29, 0.717) is 24.4 Å². The van der Waals surface area contributed by atoms with Crippen LogP contribution in [0, 0.1) is 0 Å². The number of esters is 1. The smallest absolute Gasteiger partial charge is 0.345 e. The molecular weight excluding hydrogens is 410 g/mol. The second-order valence-corrected chi connectivity index (χ2v) is 7.33. The first-order valence-corrected chi connectivity index (χ1v) is 9.84. The lowest BCUT2D eigenvalue weighted by molar-refractivity contribution is -0.163. The maximum Gasteiger partial charge on any atom is 0.345 e. The van der Waals surface area contributed by atoms with E-state index in [2.05, 4.69) is 15.9 Å². The molecule has 0 aliphatic carbocycles. The number of likely N-dealkylation sites (tertiary alicyclic amines) is 1. The van der Waals surface area contributed by atoms with Crippen molar-refractivity contribution in [3.8, 4) is 5.75 Å². The molecule has 1 aliphatic heterocycles. The molecular formula is C21H22BrNO4. The number of carbonyl (C=O) groups is 2. The van der Waals surface area contributed by atoms with E-state index >= 15 is 0 Å². The van der Waals surface area contributed by atoms with E-state index in [-0.39, 0.29) is 12.5 Å². The third kappa shape index (κ3) is 5.57. The van der Waals surface area contributed by atoms with Crippen molar-refractivity contribution < 1.29 is 19.1 Å². The average Bonchev–Trinajstić information content (AvgIpc) is 2.71. The van der Waals surface area contributed by atoms with Crippen LogP contribution in [-0.4, -0.2) is 36.5 Å². The zero-order chi connectivity index (χ0) is 19.1. The molecule has 1 atom stereocenters. The number of amides is 1. The summed E-state index contributed by atoms with van der Waals surface area (Å²) in [6.07, 6.45) is 2.14. The zero-order valence-electron chi connectivity index (χ0n) is 15.0. The number of halogens is 1. The lowest BCUT2D eigenvalue weighted by atomic mass is 10.1. The van der Waals surface area contributed by atoms with Crippen molar-refractivity contribution in [2.75, 3.05) is 19.7 Å². The van der Waals surface area contributed by atoms with E-state index in [4.69, 9.17) is 9.47 Å². The molecule has 0 unspecified atom stereocenters. The minimum Gasteiger partial charge on any atom is -0.482 e. The van der Waals surface area contributed by atoms with Crippen LogP contribution in [0.25, 0.3) is 0 Å². The van der Waals surface area contributed by atoms with E-state index in [0.717, 1.165) is 23.7 Å². The third-order valence-electron chi connectivity index (χ3n) is 4.40. The van der Waals surface area contributed by atoms with Crippen molar-refractivity contribution in [2.45, 2.75) is 25.4 Å². The van der Waals surface area contributed by atoms with Crippen molar-refractivity contribution in [3.05, 3.63) is 64.6 Å². The highest BCUT2D eigenvalue weighted by Gasteiger charge is 2.30. The Morgan fingerprint density at radius 1 is 1.00 bits per heavy atom. The molecule has 27 heavy (non-hydrogen) atoms. The minimum absolute atomic E-state index is 0.170. The Hall–Kier alpha value is -2.34. The lowest BCUT2D eigenvalue weighted by Crippen LogP contribution is -2.40. The second-order valence-electron chi connectivity index (χ2n) is 6.41. The van der Waals surface area contributed by atoms with Gasteiger partial charge in [0.1, 0.15) is 5.75 Å². The third-order valence-corrected chi connectivity index (χ3v) is 4.89. The molecule has 1 heterocycles. The predicted molar refractivity (Wildman–Crippen MR) is 105 cm³/mol. The van der Waals surface area contributed by atoms with E-state index in [1.165, 1.54) is 0 Å². The Morgan fingerprint density at radius 3 is 2.44 bits per heavy atom. The van der Waals surface area contributed by atoms with Gasteiger partial charge in [-0.25, -0.2) is 4.79 Å². The van der Waals surface area contributed by atoms with Gasteiger partial charge in [0, 0.05) is 23.1 Å². The first-order chi connectivity index (χ1) is 13.1. The van der Waals surface area contributed by atoms with Gasteiger partial charge in [0.15, 0.2) is 6.61 Å². The first kappa shape index (κ1) is 19.4. The molecule has 0 bridgehead atoms. The molecule has 3 rings (SSSR count). The quantitative estimate of drug-likeness (QED) is 0.645. The summed E-state index contributed by atoms with van der Waals surface area (Å²) in [7, 11) is 0. The second kappa shape index (κ2) is 9.55. The Bertz CT molecular complexity index is 775. The van der Waals surface area contributed by atoms with Crippen molar-refractivity contribution in [1.82, 2.24) is 4.90 Å². The topological polar surface area (TPSA) is 55.8 Å². The normalized spacial score (nSPS) is 15.1. The zero-order valence-corrected chi connectivity index (χ0v) is 16.6. The molecule has 2 aromatic carbocycles. The van der Waals surface area contributed by atoms with Gasteiger partial charge in [0.05, 0.1) is 0 Å². The van der Waals surface area contributed by atoms with Gasteiger partial charge in [-0.15, -0.1) is 0 Å². The highest BCUT2D eigenvalue weighted by Crippen LogP contribution is 2.23. The van der Waals surface area contributed by atoms with Gasteiger partial charge in [0.25, 0.3) is 5.91 Å². The minimum atomic E-state index is -0.942. The van der Waals surface area contributed by atoms with Crippen LogP contribution in [0.3, 0.4) is 0 Å². The fourth-order valence-corrected chi connectivity index (χ4v) is 3.41. The van der Waals surface area contributed by atoms with Gasteiger partial charge < -0.3 is 14.4 Å². The van der Waals surface area contributed by atoms with Crippen LogP contribution in [0.5, 0.6) is 5.75 Å². The van der Waals surface area contributed by atoms with Crippen LogP contribution in [0.1, 0.15) is 30.9 Å². The number of hydrogen-bond donors (Lipinski definition) is 0. The number of ether oxygens (including phenoxy) is 2. The first-order valence-electron chi connectivity index (χ1n) is 9.05. The van der Waals surface area contributed by atoms with Crippen LogP contribution in [0.2, 0.25) is 0 Å². The summed E-state index contributed by atoms with van der Waals surface area (Å²) in [5.41, 5.74) is 0.670. The highest BCUT2D eigenvalue weighted by molar-refractivity contribution is 9.10. The van der Waals surface area contributed by atoms with E-state index in [1.54, 1.807) is 29.2 Å². The molecule has 6 heteroatoms. The molecule has 0 N–H and O–H groups in total. The fourth-order valence-electron chi connectivity index (χ4n) is 3.03. The predicted octanol–water partition coefficient (Wildman–Crippen LogP) is 4.12. The summed E-state index contributed by atoms with van der Waals surface area (Å²) < 4.78 is 11.9. The summed E-state index contributed by atoms with van der Waals surface area (Å²) in [5.74, 6) is -0.189. The summed E-state index contributed by atoms with van der Waals surface area (Å²) in [6.45, 7) is 1.15. The number of benzene rings is 2. The van der Waals surface area contributed by atoms with Gasteiger partial charge in [-0.05, 0) is 37.5 Å². The maximum absolute atomic E-state index is 13.0. The highest BCUT2D eigenvalue weighted by atomic mass is 79.9. The summed E-state index contributed by atoms with van der Waals surface area (Å²) in [4.78, 5) is 27.1. The number of hydrogen-bond acceptors (Lipinski definition) is 4. The molecule has 0 aromatic heterocycles. The maximum atomic E-state index is 13.0. The number of rotatable bonds is 6. The Kier molecular flexibility index (Phi) is 6.87. The van der Waals surface area contributed by atoms with Crippen molar-refractivity contribution in [1.29, 1.82) is 0 Å². The molecule has 1 aliphatic rings. The molecule has 1 saturated heterocycles. The molecule has 0 radical (unpaired) electrons. The van der Waals surface area contributed by atoms with Crippen molar-refractivity contribution in [3.63, 3.8) is 0 Å².